The van der Waals surface area contributed by atoms with Gasteiger partial charge >= 0.3 is 12.3 Å². The number of halogens is 3. The van der Waals surface area contributed by atoms with Crippen LogP contribution in [-0.2, 0) is 17.5 Å². The van der Waals surface area contributed by atoms with Crippen LogP contribution in [0.4, 0.5) is 18.0 Å². The zero-order valence-corrected chi connectivity index (χ0v) is 20.1. The number of hydrogen-bond acceptors (Lipinski definition) is 6. The largest absolute Gasteiger partial charge is 0.445 e. The number of hydrogen-bond donors (Lipinski definition) is 1. The number of likely N-dealkylation sites (tertiary alicyclic amines) is 1. The van der Waals surface area contributed by atoms with E-state index in [0.717, 1.165) is 43.6 Å². The molecule has 0 atom stereocenters. The summed E-state index contributed by atoms with van der Waals surface area (Å²) in [5.74, 6) is -0.0184. The van der Waals surface area contributed by atoms with Crippen LogP contribution >= 0.6 is 0 Å². The van der Waals surface area contributed by atoms with E-state index in [-0.39, 0.29) is 12.5 Å². The number of H-pyrrole nitrogens is 1. The van der Waals surface area contributed by atoms with Crippen LogP contribution in [0.15, 0.2) is 42.5 Å². The summed E-state index contributed by atoms with van der Waals surface area (Å²) in [5.41, 5.74) is 1.75. The minimum atomic E-state index is -4.39. The highest BCUT2D eigenvalue weighted by Crippen LogP contribution is 2.29. The Morgan fingerprint density at radius 1 is 0.892 bits per heavy atom. The normalized spacial score (nSPS) is 17.8. The van der Waals surface area contributed by atoms with Crippen molar-refractivity contribution >= 4 is 23.0 Å². The van der Waals surface area contributed by atoms with Gasteiger partial charge in [-0.1, -0.05) is 12.1 Å². The molecule has 3 heterocycles. The molecule has 0 unspecified atom stereocenters. The molecule has 2 saturated heterocycles. The fourth-order valence-electron chi connectivity index (χ4n) is 4.89. The molecule has 0 aliphatic carbocycles. The molecule has 0 bridgehead atoms. The van der Waals surface area contributed by atoms with Crippen molar-refractivity contribution in [3.8, 4) is 0 Å². The average molecular weight is 517 g/mol. The summed E-state index contributed by atoms with van der Waals surface area (Å²) in [6, 6.07) is 10.2. The molecule has 2 amide bonds. The number of rotatable bonds is 4. The van der Waals surface area contributed by atoms with E-state index < -0.39 is 17.8 Å². The molecule has 12 heteroatoms. The fourth-order valence-corrected chi connectivity index (χ4v) is 4.89. The first kappa shape index (κ1) is 25.0. The summed E-state index contributed by atoms with van der Waals surface area (Å²) >= 11 is 0. The van der Waals surface area contributed by atoms with E-state index in [1.54, 1.807) is 23.1 Å². The Labute approximate surface area is 211 Å². The average Bonchev–Trinajstić information content (AvgIpc) is 3.39. The molecule has 0 spiro atoms. The Morgan fingerprint density at radius 2 is 1.57 bits per heavy atom. The topological polar surface area (TPSA) is 94.7 Å². The molecule has 3 aromatic rings. The van der Waals surface area contributed by atoms with Gasteiger partial charge < -0.3 is 14.5 Å². The maximum absolute atomic E-state index is 12.9. The number of carbonyl (C=O) groups excluding carboxylic acids is 2. The lowest BCUT2D eigenvalue weighted by atomic mass is 10.0. The van der Waals surface area contributed by atoms with Gasteiger partial charge in [0.2, 0.25) is 0 Å². The van der Waals surface area contributed by atoms with Gasteiger partial charge in [-0.25, -0.2) is 4.79 Å². The molecule has 196 valence electrons. The van der Waals surface area contributed by atoms with Crippen LogP contribution < -0.4 is 0 Å². The zero-order valence-electron chi connectivity index (χ0n) is 20.1. The smallest absolute Gasteiger partial charge is 0.416 e. The lowest BCUT2D eigenvalue weighted by Crippen LogP contribution is -2.54. The Hall–Kier alpha value is -3.67. The Balaban J connectivity index is 1.05. The van der Waals surface area contributed by atoms with Crippen LogP contribution in [0.5, 0.6) is 0 Å². The molecule has 1 N–H and O–H groups in total. The van der Waals surface area contributed by atoms with E-state index >= 15 is 0 Å². The summed E-state index contributed by atoms with van der Waals surface area (Å²) in [4.78, 5) is 31.2. The summed E-state index contributed by atoms with van der Waals surface area (Å²) in [7, 11) is 0. The summed E-state index contributed by atoms with van der Waals surface area (Å²) in [5, 5.41) is 10.6. The molecule has 2 aliphatic heterocycles. The van der Waals surface area contributed by atoms with Gasteiger partial charge in [-0.2, -0.15) is 28.6 Å². The number of nitrogens with zero attached hydrogens (tertiary/aromatic N) is 5. The highest BCUT2D eigenvalue weighted by Gasteiger charge is 2.32. The van der Waals surface area contributed by atoms with E-state index in [4.69, 9.17) is 4.74 Å². The maximum Gasteiger partial charge on any atom is 0.416 e. The van der Waals surface area contributed by atoms with Gasteiger partial charge in [0.25, 0.3) is 5.91 Å². The first-order chi connectivity index (χ1) is 17.8. The van der Waals surface area contributed by atoms with Crippen LogP contribution in [0.1, 0.15) is 34.3 Å². The lowest BCUT2D eigenvalue weighted by Gasteiger charge is -2.42. The van der Waals surface area contributed by atoms with Crippen LogP contribution in [0.3, 0.4) is 0 Å². The maximum atomic E-state index is 12.9. The van der Waals surface area contributed by atoms with Gasteiger partial charge in [0.05, 0.1) is 5.56 Å². The van der Waals surface area contributed by atoms with E-state index in [0.29, 0.717) is 48.9 Å². The standard InChI is InChI=1S/C25H27F3N6O3/c26-25(27,28)19-4-1-17(2-5-19)16-37-24(36)34-9-7-20(8-10-34)32-11-13-33(14-12-32)23(35)18-3-6-21-22(15-18)30-31-29-21/h1-6,15,20H,7-14,16H2,(H,29,30,31). The van der Waals surface area contributed by atoms with Crippen LogP contribution in [0, 0.1) is 0 Å². The van der Waals surface area contributed by atoms with Crippen molar-refractivity contribution in [1.29, 1.82) is 0 Å². The number of alkyl halides is 3. The summed E-state index contributed by atoms with van der Waals surface area (Å²) in [6.45, 7) is 3.81. The number of carbonyl (C=O) groups is 2. The highest BCUT2D eigenvalue weighted by atomic mass is 19.4. The van der Waals surface area contributed by atoms with Crippen molar-refractivity contribution in [3.05, 3.63) is 59.2 Å². The summed E-state index contributed by atoms with van der Waals surface area (Å²) in [6.07, 6.45) is -3.26. The van der Waals surface area contributed by atoms with Crippen molar-refractivity contribution in [2.24, 2.45) is 0 Å². The minimum absolute atomic E-state index is 0.0184. The molecule has 5 rings (SSSR count). The highest BCUT2D eigenvalue weighted by molar-refractivity contribution is 5.97. The van der Waals surface area contributed by atoms with Crippen LogP contribution in [-0.4, -0.2) is 87.4 Å². The molecule has 9 nitrogen and oxygen atoms in total. The number of ether oxygens (including phenoxy) is 1. The van der Waals surface area contributed by atoms with Gasteiger partial charge in [0, 0.05) is 50.9 Å². The number of fused-ring (bicyclic) bond motifs is 1. The Bertz CT molecular complexity index is 1250. The van der Waals surface area contributed by atoms with E-state index in [1.165, 1.54) is 12.1 Å². The van der Waals surface area contributed by atoms with Crippen molar-refractivity contribution in [1.82, 2.24) is 30.1 Å². The molecule has 2 aromatic carbocycles. The molecule has 37 heavy (non-hydrogen) atoms. The van der Waals surface area contributed by atoms with Gasteiger partial charge in [0.1, 0.15) is 17.6 Å². The number of amides is 2. The van der Waals surface area contributed by atoms with Crippen molar-refractivity contribution in [2.45, 2.75) is 31.7 Å². The summed E-state index contributed by atoms with van der Waals surface area (Å²) < 4.78 is 43.4. The van der Waals surface area contributed by atoms with Gasteiger partial charge in [-0.3, -0.25) is 9.69 Å². The second-order valence-corrected chi connectivity index (χ2v) is 9.32. The molecule has 0 radical (unpaired) electrons. The van der Waals surface area contributed by atoms with Crippen molar-refractivity contribution < 1.29 is 27.5 Å². The van der Waals surface area contributed by atoms with E-state index in [2.05, 4.69) is 20.3 Å². The SMILES string of the molecule is O=C(OCc1ccc(C(F)(F)F)cc1)N1CCC(N2CCN(C(=O)c3ccc4n[nH]nc4c3)CC2)CC1. The monoisotopic (exact) mass is 516 g/mol. The quantitative estimate of drug-likeness (QED) is 0.570. The lowest BCUT2D eigenvalue weighted by molar-refractivity contribution is -0.137. The number of nitrogens with one attached hydrogen (secondary N) is 1. The fraction of sp³-hybridized carbons (Fsp3) is 0.440. The molecule has 1 aromatic heterocycles. The number of piperidine rings is 1. The first-order valence-electron chi connectivity index (χ1n) is 12.2. The van der Waals surface area contributed by atoms with E-state index in [1.807, 2.05) is 4.90 Å². The number of aromatic amines is 1. The molecule has 2 fully saturated rings. The predicted molar refractivity (Wildman–Crippen MR) is 128 cm³/mol. The molecule has 0 saturated carbocycles. The first-order valence-corrected chi connectivity index (χ1v) is 12.2. The second kappa shape index (κ2) is 10.4. The predicted octanol–water partition coefficient (Wildman–Crippen LogP) is 3.54. The number of benzene rings is 2. The third-order valence-electron chi connectivity index (χ3n) is 7.05. The second-order valence-electron chi connectivity index (χ2n) is 9.32. The Kier molecular flexibility index (Phi) is 7.00. The third kappa shape index (κ3) is 5.68. The van der Waals surface area contributed by atoms with Gasteiger partial charge in [-0.05, 0) is 48.7 Å². The van der Waals surface area contributed by atoms with Crippen LogP contribution in [0.25, 0.3) is 11.0 Å². The number of piperazine rings is 1. The minimum Gasteiger partial charge on any atom is -0.445 e. The molecular weight excluding hydrogens is 489 g/mol. The third-order valence-corrected chi connectivity index (χ3v) is 7.05. The van der Waals surface area contributed by atoms with Crippen molar-refractivity contribution in [3.63, 3.8) is 0 Å². The number of aromatic nitrogens is 3. The van der Waals surface area contributed by atoms with Crippen LogP contribution in [0.2, 0.25) is 0 Å². The zero-order chi connectivity index (χ0) is 26.0. The molecular formula is C25H27F3N6O3. The molecule has 2 aliphatic rings. The van der Waals surface area contributed by atoms with E-state index in [9.17, 15) is 22.8 Å². The van der Waals surface area contributed by atoms with Crippen molar-refractivity contribution in [2.75, 3.05) is 39.3 Å². The van der Waals surface area contributed by atoms with Gasteiger partial charge in [0.15, 0.2) is 0 Å². The Morgan fingerprint density at radius 3 is 2.24 bits per heavy atom. The van der Waals surface area contributed by atoms with Gasteiger partial charge in [-0.15, -0.1) is 0 Å².